The number of carbonyl (C=O) groups is 1. The molecule has 0 atom stereocenters. The van der Waals surface area contributed by atoms with Gasteiger partial charge in [-0.1, -0.05) is 47.7 Å². The lowest BCUT2D eigenvalue weighted by atomic mass is 10.00. The number of halogens is 1. The number of ketones is 1. The fourth-order valence-electron chi connectivity index (χ4n) is 3.68. The van der Waals surface area contributed by atoms with E-state index in [2.05, 4.69) is 23.1 Å². The van der Waals surface area contributed by atoms with Crippen LogP contribution in [-0.2, 0) is 0 Å². The van der Waals surface area contributed by atoms with Gasteiger partial charge in [0.15, 0.2) is 10.8 Å². The number of benzene rings is 2. The first-order chi connectivity index (χ1) is 12.8. The lowest BCUT2D eigenvalue weighted by Gasteiger charge is -2.29. The second-order valence-electron chi connectivity index (χ2n) is 6.59. The Balaban J connectivity index is 0.00000210. The first-order valence-corrected chi connectivity index (χ1v) is 10.1. The zero-order chi connectivity index (χ0) is 17.9. The van der Waals surface area contributed by atoms with Crippen molar-refractivity contribution in [2.45, 2.75) is 26.2 Å². The standard InChI is InChI=1S/C22H23NO2S.ClH/c1-2-25-22-20(21(24)16-10-5-3-6-11-16)19-17(12-9-13-18(19)26-22)23-14-7-4-8-15-23;/h3,5-6,9-13H,2,4,7-8,14-15H2,1H3;1H. The van der Waals surface area contributed by atoms with Crippen LogP contribution in [0.2, 0.25) is 0 Å². The second kappa shape index (κ2) is 8.77. The largest absolute Gasteiger partial charge is 0.484 e. The van der Waals surface area contributed by atoms with Gasteiger partial charge in [0.1, 0.15) is 0 Å². The Labute approximate surface area is 170 Å². The molecule has 5 heteroatoms. The number of piperidine rings is 1. The van der Waals surface area contributed by atoms with Crippen LogP contribution in [0.25, 0.3) is 10.1 Å². The molecule has 3 nitrogen and oxygen atoms in total. The maximum atomic E-state index is 13.4. The average Bonchev–Trinajstić information content (AvgIpc) is 3.07. The molecule has 1 aliphatic heterocycles. The second-order valence-corrected chi connectivity index (χ2v) is 7.61. The highest BCUT2D eigenvalue weighted by Crippen LogP contribution is 2.44. The molecule has 0 amide bonds. The number of ether oxygens (including phenoxy) is 1. The maximum Gasteiger partial charge on any atom is 0.198 e. The molecule has 1 fully saturated rings. The summed E-state index contributed by atoms with van der Waals surface area (Å²) in [5.41, 5.74) is 2.60. The predicted octanol–water partition coefficient (Wildman–Crippen LogP) is 5.94. The van der Waals surface area contributed by atoms with E-state index in [1.807, 2.05) is 37.3 Å². The summed E-state index contributed by atoms with van der Waals surface area (Å²) in [5, 5.41) is 1.79. The van der Waals surface area contributed by atoms with E-state index in [1.165, 1.54) is 24.9 Å². The Morgan fingerprint density at radius 1 is 1.04 bits per heavy atom. The summed E-state index contributed by atoms with van der Waals surface area (Å²) in [5.74, 6) is 0.0461. The van der Waals surface area contributed by atoms with Crippen molar-refractivity contribution < 1.29 is 9.53 Å². The molecule has 1 aliphatic rings. The summed E-state index contributed by atoms with van der Waals surface area (Å²) in [6, 6.07) is 15.9. The van der Waals surface area contributed by atoms with Gasteiger partial charge >= 0.3 is 0 Å². The predicted molar refractivity (Wildman–Crippen MR) is 116 cm³/mol. The van der Waals surface area contributed by atoms with Crippen LogP contribution in [0.3, 0.4) is 0 Å². The zero-order valence-electron chi connectivity index (χ0n) is 15.4. The van der Waals surface area contributed by atoms with Crippen molar-refractivity contribution in [3.63, 3.8) is 0 Å². The molecular weight excluding hydrogens is 378 g/mol. The van der Waals surface area contributed by atoms with E-state index in [-0.39, 0.29) is 18.2 Å². The first kappa shape index (κ1) is 19.7. The molecule has 2 heterocycles. The van der Waals surface area contributed by atoms with Gasteiger partial charge in [-0.25, -0.2) is 0 Å². The Morgan fingerprint density at radius 3 is 2.48 bits per heavy atom. The van der Waals surface area contributed by atoms with Gasteiger partial charge in [0.2, 0.25) is 0 Å². The average molecular weight is 402 g/mol. The van der Waals surface area contributed by atoms with Gasteiger partial charge in [-0.3, -0.25) is 4.79 Å². The molecule has 3 aromatic rings. The quantitative estimate of drug-likeness (QED) is 0.495. The fraction of sp³-hybridized carbons (Fsp3) is 0.318. The monoisotopic (exact) mass is 401 g/mol. The van der Waals surface area contributed by atoms with Crippen LogP contribution in [0.4, 0.5) is 5.69 Å². The van der Waals surface area contributed by atoms with Crippen LogP contribution in [0.1, 0.15) is 42.1 Å². The number of nitrogens with zero attached hydrogens (tertiary/aromatic N) is 1. The van der Waals surface area contributed by atoms with E-state index < -0.39 is 0 Å². The highest BCUT2D eigenvalue weighted by Gasteiger charge is 2.25. The minimum atomic E-state index is 0. The highest BCUT2D eigenvalue weighted by atomic mass is 35.5. The van der Waals surface area contributed by atoms with E-state index in [0.29, 0.717) is 12.2 Å². The van der Waals surface area contributed by atoms with Gasteiger partial charge in [0.25, 0.3) is 0 Å². The van der Waals surface area contributed by atoms with Crippen LogP contribution in [-0.4, -0.2) is 25.5 Å². The van der Waals surface area contributed by atoms with Crippen LogP contribution in [0, 0.1) is 0 Å². The third-order valence-corrected chi connectivity index (χ3v) is 5.96. The Hall–Kier alpha value is -2.04. The van der Waals surface area contributed by atoms with Crippen molar-refractivity contribution in [2.24, 2.45) is 0 Å². The molecule has 1 aromatic heterocycles. The van der Waals surface area contributed by atoms with Gasteiger partial charge in [0.05, 0.1) is 12.2 Å². The van der Waals surface area contributed by atoms with E-state index in [0.717, 1.165) is 33.8 Å². The van der Waals surface area contributed by atoms with Gasteiger partial charge < -0.3 is 9.64 Å². The number of hydrogen-bond donors (Lipinski definition) is 0. The summed E-state index contributed by atoms with van der Waals surface area (Å²) >= 11 is 1.58. The molecule has 0 unspecified atom stereocenters. The highest BCUT2D eigenvalue weighted by molar-refractivity contribution is 7.21. The third-order valence-electron chi connectivity index (χ3n) is 4.90. The van der Waals surface area contributed by atoms with E-state index >= 15 is 0 Å². The van der Waals surface area contributed by atoms with Gasteiger partial charge in [-0.05, 0) is 38.3 Å². The molecule has 1 saturated heterocycles. The third kappa shape index (κ3) is 3.83. The summed E-state index contributed by atoms with van der Waals surface area (Å²) in [6.07, 6.45) is 3.71. The minimum Gasteiger partial charge on any atom is -0.484 e. The number of carbonyl (C=O) groups excluding carboxylic acids is 1. The van der Waals surface area contributed by atoms with Gasteiger partial charge in [-0.15, -0.1) is 12.4 Å². The Morgan fingerprint density at radius 2 is 1.78 bits per heavy atom. The van der Waals surface area contributed by atoms with Crippen LogP contribution < -0.4 is 9.64 Å². The minimum absolute atomic E-state index is 0. The van der Waals surface area contributed by atoms with Crippen molar-refractivity contribution in [1.29, 1.82) is 0 Å². The molecule has 142 valence electrons. The molecular formula is C22H24ClNO2S. The van der Waals surface area contributed by atoms with Crippen LogP contribution >= 0.6 is 23.7 Å². The van der Waals surface area contributed by atoms with Crippen molar-refractivity contribution >= 4 is 45.3 Å². The van der Waals surface area contributed by atoms with Crippen LogP contribution in [0.15, 0.2) is 48.5 Å². The van der Waals surface area contributed by atoms with Gasteiger partial charge in [-0.2, -0.15) is 0 Å². The first-order valence-electron chi connectivity index (χ1n) is 9.32. The summed E-state index contributed by atoms with van der Waals surface area (Å²) in [6.45, 7) is 4.63. The number of thiophene rings is 1. The molecule has 0 radical (unpaired) electrons. The lowest BCUT2D eigenvalue weighted by Crippen LogP contribution is -2.29. The van der Waals surface area contributed by atoms with E-state index in [9.17, 15) is 4.79 Å². The molecule has 0 bridgehead atoms. The smallest absolute Gasteiger partial charge is 0.198 e. The van der Waals surface area contributed by atoms with Crippen LogP contribution in [0.5, 0.6) is 5.06 Å². The number of fused-ring (bicyclic) bond motifs is 1. The molecule has 0 aliphatic carbocycles. The van der Waals surface area contributed by atoms with Crippen molar-refractivity contribution in [3.8, 4) is 5.06 Å². The topological polar surface area (TPSA) is 29.5 Å². The SMILES string of the molecule is CCOc1sc2cccc(N3CCCCC3)c2c1C(=O)c1ccccc1.Cl. The Kier molecular flexibility index (Phi) is 6.40. The summed E-state index contributed by atoms with van der Waals surface area (Å²) in [7, 11) is 0. The number of rotatable bonds is 5. The fourth-order valence-corrected chi connectivity index (χ4v) is 4.81. The van der Waals surface area contributed by atoms with Crippen molar-refractivity contribution in [3.05, 3.63) is 59.7 Å². The summed E-state index contributed by atoms with van der Waals surface area (Å²) < 4.78 is 7.01. The molecule has 4 rings (SSSR count). The zero-order valence-corrected chi connectivity index (χ0v) is 17.1. The van der Waals surface area contributed by atoms with Gasteiger partial charge in [0, 0.05) is 34.4 Å². The van der Waals surface area contributed by atoms with E-state index in [1.54, 1.807) is 11.3 Å². The molecule has 27 heavy (non-hydrogen) atoms. The molecule has 2 aromatic carbocycles. The maximum absolute atomic E-state index is 13.4. The number of hydrogen-bond acceptors (Lipinski definition) is 4. The number of anilines is 1. The molecule has 0 N–H and O–H groups in total. The summed E-state index contributed by atoms with van der Waals surface area (Å²) in [4.78, 5) is 15.8. The Bertz CT molecular complexity index is 917. The van der Waals surface area contributed by atoms with Crippen molar-refractivity contribution in [2.75, 3.05) is 24.6 Å². The molecule has 0 spiro atoms. The van der Waals surface area contributed by atoms with E-state index in [4.69, 9.17) is 4.74 Å². The van der Waals surface area contributed by atoms with Crippen molar-refractivity contribution in [1.82, 2.24) is 0 Å². The normalized spacial score (nSPS) is 14.0. The lowest BCUT2D eigenvalue weighted by molar-refractivity contribution is 0.103. The molecule has 0 saturated carbocycles.